The second kappa shape index (κ2) is 7.41. The molecule has 0 saturated carbocycles. The lowest BCUT2D eigenvalue weighted by atomic mass is 10.5. The molecule has 0 radical (unpaired) electrons. The van der Waals surface area contributed by atoms with Gasteiger partial charge in [-0.1, -0.05) is 0 Å². The fourth-order valence-electron chi connectivity index (χ4n) is 1.09. The first-order valence-corrected chi connectivity index (χ1v) is 5.72. The third kappa shape index (κ3) is 5.42. The van der Waals surface area contributed by atoms with Crippen LogP contribution in [0.3, 0.4) is 0 Å². The molecule has 0 aromatic carbocycles. The van der Waals surface area contributed by atoms with Gasteiger partial charge in [-0.05, 0) is 26.0 Å². The highest BCUT2D eigenvalue weighted by atomic mass is 16.7. The van der Waals surface area contributed by atoms with E-state index in [0.717, 1.165) is 4.80 Å². The van der Waals surface area contributed by atoms with E-state index in [1.165, 1.54) is 6.92 Å². The van der Waals surface area contributed by atoms with Crippen molar-refractivity contribution < 1.29 is 23.8 Å². The Kier molecular flexibility index (Phi) is 5.86. The van der Waals surface area contributed by atoms with E-state index in [4.69, 9.17) is 9.47 Å². The van der Waals surface area contributed by atoms with Gasteiger partial charge in [-0.2, -0.15) is 0 Å². The molecule has 9 heteroatoms. The standard InChI is InChI=1S/C10H16N4O5/c1-4-18-10(16)19-8(3)14-12-9(11-13-14)6-17-5-7(2)15/h8H,4-6H2,1-3H3. The summed E-state index contributed by atoms with van der Waals surface area (Å²) in [7, 11) is 0. The summed E-state index contributed by atoms with van der Waals surface area (Å²) in [6, 6.07) is 0. The summed E-state index contributed by atoms with van der Waals surface area (Å²) < 4.78 is 14.5. The van der Waals surface area contributed by atoms with Crippen molar-refractivity contribution in [2.24, 2.45) is 0 Å². The second-order valence-electron chi connectivity index (χ2n) is 3.62. The van der Waals surface area contributed by atoms with Crippen LogP contribution in [0.1, 0.15) is 32.8 Å². The summed E-state index contributed by atoms with van der Waals surface area (Å²) in [5, 5.41) is 11.4. The SMILES string of the molecule is CCOC(=O)OC(C)n1nnc(COCC(C)=O)n1. The zero-order valence-electron chi connectivity index (χ0n) is 11.0. The Morgan fingerprint density at radius 1 is 1.42 bits per heavy atom. The molecule has 0 N–H and O–H groups in total. The largest absolute Gasteiger partial charge is 0.510 e. The average Bonchev–Trinajstić information content (AvgIpc) is 2.77. The summed E-state index contributed by atoms with van der Waals surface area (Å²) in [5.41, 5.74) is 0. The van der Waals surface area contributed by atoms with E-state index in [2.05, 4.69) is 20.1 Å². The minimum absolute atomic E-state index is 0.0105. The number of ketones is 1. The van der Waals surface area contributed by atoms with Gasteiger partial charge in [-0.3, -0.25) is 4.79 Å². The van der Waals surface area contributed by atoms with Crippen molar-refractivity contribution in [1.82, 2.24) is 20.2 Å². The van der Waals surface area contributed by atoms with Crippen molar-refractivity contribution in [2.45, 2.75) is 33.6 Å². The van der Waals surface area contributed by atoms with Crippen molar-refractivity contribution in [1.29, 1.82) is 0 Å². The number of ether oxygens (including phenoxy) is 3. The van der Waals surface area contributed by atoms with Crippen LogP contribution in [-0.2, 0) is 25.6 Å². The highest BCUT2D eigenvalue weighted by molar-refractivity contribution is 5.76. The fraction of sp³-hybridized carbons (Fsp3) is 0.700. The van der Waals surface area contributed by atoms with Gasteiger partial charge in [0.15, 0.2) is 5.78 Å². The summed E-state index contributed by atoms with van der Waals surface area (Å²) in [5.74, 6) is 0.201. The summed E-state index contributed by atoms with van der Waals surface area (Å²) in [6.45, 7) is 4.93. The molecule has 0 aliphatic carbocycles. The predicted molar refractivity (Wildman–Crippen MR) is 61.0 cm³/mol. The van der Waals surface area contributed by atoms with E-state index in [-0.39, 0.29) is 25.6 Å². The van der Waals surface area contributed by atoms with Crippen LogP contribution < -0.4 is 0 Å². The van der Waals surface area contributed by atoms with Gasteiger partial charge in [-0.15, -0.1) is 15.0 Å². The maximum atomic E-state index is 11.1. The molecular weight excluding hydrogens is 256 g/mol. The molecule has 0 aliphatic rings. The minimum atomic E-state index is -0.804. The highest BCUT2D eigenvalue weighted by Crippen LogP contribution is 2.05. The van der Waals surface area contributed by atoms with Gasteiger partial charge >= 0.3 is 6.16 Å². The second-order valence-corrected chi connectivity index (χ2v) is 3.62. The zero-order chi connectivity index (χ0) is 14.3. The number of hydrogen-bond acceptors (Lipinski definition) is 8. The van der Waals surface area contributed by atoms with Gasteiger partial charge in [0.1, 0.15) is 13.2 Å². The highest BCUT2D eigenvalue weighted by Gasteiger charge is 2.15. The Balaban J connectivity index is 2.44. The lowest BCUT2D eigenvalue weighted by molar-refractivity contribution is -0.121. The molecule has 9 nitrogen and oxygen atoms in total. The number of carbonyl (C=O) groups is 2. The van der Waals surface area contributed by atoms with Gasteiger partial charge in [0.05, 0.1) is 6.61 Å². The molecule has 0 amide bonds. The number of aromatic nitrogens is 4. The average molecular weight is 272 g/mol. The van der Waals surface area contributed by atoms with E-state index in [9.17, 15) is 9.59 Å². The first kappa shape index (κ1) is 15.0. The molecule has 1 aromatic heterocycles. The van der Waals surface area contributed by atoms with E-state index in [1.54, 1.807) is 13.8 Å². The topological polar surface area (TPSA) is 105 Å². The van der Waals surface area contributed by atoms with Crippen LogP contribution >= 0.6 is 0 Å². The first-order chi connectivity index (χ1) is 9.02. The molecule has 1 heterocycles. The number of tetrazole rings is 1. The molecule has 0 aliphatic heterocycles. The lowest BCUT2D eigenvalue weighted by Gasteiger charge is -2.10. The number of nitrogens with zero attached hydrogens (tertiary/aromatic N) is 4. The number of carbonyl (C=O) groups excluding carboxylic acids is 2. The predicted octanol–water partition coefficient (Wildman–Crippen LogP) is 0.470. The Bertz CT molecular complexity index is 433. The van der Waals surface area contributed by atoms with Crippen LogP contribution in [0.2, 0.25) is 0 Å². The van der Waals surface area contributed by atoms with Crippen LogP contribution in [-0.4, -0.2) is 45.4 Å². The van der Waals surface area contributed by atoms with Crippen molar-refractivity contribution in [3.05, 3.63) is 5.82 Å². The third-order valence-electron chi connectivity index (χ3n) is 1.86. The Hall–Kier alpha value is -2.03. The fourth-order valence-corrected chi connectivity index (χ4v) is 1.09. The Labute approximate surface area is 109 Å². The van der Waals surface area contributed by atoms with Gasteiger partial charge in [0.2, 0.25) is 12.1 Å². The van der Waals surface area contributed by atoms with Crippen molar-refractivity contribution in [3.8, 4) is 0 Å². The van der Waals surface area contributed by atoms with Crippen LogP contribution in [0.25, 0.3) is 0 Å². The summed E-state index contributed by atoms with van der Waals surface area (Å²) >= 11 is 0. The number of hydrogen-bond donors (Lipinski definition) is 0. The van der Waals surface area contributed by atoms with E-state index < -0.39 is 12.4 Å². The van der Waals surface area contributed by atoms with Crippen molar-refractivity contribution in [3.63, 3.8) is 0 Å². The Morgan fingerprint density at radius 2 is 2.16 bits per heavy atom. The van der Waals surface area contributed by atoms with Gasteiger partial charge in [0, 0.05) is 0 Å². The molecule has 1 unspecified atom stereocenters. The van der Waals surface area contributed by atoms with Crippen molar-refractivity contribution in [2.75, 3.05) is 13.2 Å². The molecule has 106 valence electrons. The Morgan fingerprint density at radius 3 is 2.79 bits per heavy atom. The van der Waals surface area contributed by atoms with Crippen LogP contribution in [0.5, 0.6) is 0 Å². The normalized spacial score (nSPS) is 11.9. The zero-order valence-corrected chi connectivity index (χ0v) is 11.0. The van der Waals surface area contributed by atoms with Gasteiger partial charge in [0.25, 0.3) is 0 Å². The van der Waals surface area contributed by atoms with Crippen LogP contribution in [0.15, 0.2) is 0 Å². The maximum Gasteiger partial charge on any atom is 0.510 e. The molecular formula is C10H16N4O5. The monoisotopic (exact) mass is 272 g/mol. The lowest BCUT2D eigenvalue weighted by Crippen LogP contribution is -2.18. The number of Topliss-reactive ketones (excluding diaryl/α,β-unsaturated/α-hetero) is 1. The van der Waals surface area contributed by atoms with Crippen LogP contribution in [0, 0.1) is 0 Å². The molecule has 0 fully saturated rings. The van der Waals surface area contributed by atoms with E-state index in [0.29, 0.717) is 5.82 Å². The quantitative estimate of drug-likeness (QED) is 0.659. The first-order valence-electron chi connectivity index (χ1n) is 5.72. The van der Waals surface area contributed by atoms with Crippen molar-refractivity contribution >= 4 is 11.9 Å². The van der Waals surface area contributed by atoms with Gasteiger partial charge in [-0.25, -0.2) is 4.79 Å². The molecule has 0 bridgehead atoms. The van der Waals surface area contributed by atoms with E-state index >= 15 is 0 Å². The molecule has 0 spiro atoms. The molecule has 0 saturated heterocycles. The molecule has 1 aromatic rings. The minimum Gasteiger partial charge on any atom is -0.435 e. The van der Waals surface area contributed by atoms with Crippen LogP contribution in [0.4, 0.5) is 4.79 Å². The summed E-state index contributed by atoms with van der Waals surface area (Å²) in [4.78, 5) is 22.9. The third-order valence-corrected chi connectivity index (χ3v) is 1.86. The molecule has 19 heavy (non-hydrogen) atoms. The number of rotatable bonds is 7. The smallest absolute Gasteiger partial charge is 0.435 e. The van der Waals surface area contributed by atoms with E-state index in [1.807, 2.05) is 0 Å². The molecule has 1 atom stereocenters. The maximum absolute atomic E-state index is 11.1. The van der Waals surface area contributed by atoms with Gasteiger partial charge < -0.3 is 14.2 Å². The molecule has 1 rings (SSSR count). The summed E-state index contributed by atoms with van der Waals surface area (Å²) in [6.07, 6.45) is -1.55.